The quantitative estimate of drug-likeness (QED) is 0.624. The Kier molecular flexibility index (Phi) is 6.29. The summed E-state index contributed by atoms with van der Waals surface area (Å²) in [5, 5.41) is 17.1. The summed E-state index contributed by atoms with van der Waals surface area (Å²) >= 11 is 0. The highest BCUT2D eigenvalue weighted by atomic mass is 16.4. The number of nitrogens with zero attached hydrogens (tertiary/aromatic N) is 6. The largest absolute Gasteiger partial charge is 0.480 e. The number of carboxylic acid groups (broad SMARTS) is 1. The van der Waals surface area contributed by atoms with Gasteiger partial charge in [0.05, 0.1) is 18.3 Å². The van der Waals surface area contributed by atoms with E-state index in [0.717, 1.165) is 32.2 Å². The van der Waals surface area contributed by atoms with Crippen LogP contribution in [0.15, 0.2) is 36.5 Å². The summed E-state index contributed by atoms with van der Waals surface area (Å²) in [5.74, 6) is -0.365. The van der Waals surface area contributed by atoms with E-state index in [1.54, 1.807) is 6.20 Å². The molecule has 9 heteroatoms. The van der Waals surface area contributed by atoms with Gasteiger partial charge in [-0.1, -0.05) is 42.0 Å². The minimum atomic E-state index is -0.964. The lowest BCUT2D eigenvalue weighted by atomic mass is 9.68. The third-order valence-corrected chi connectivity index (χ3v) is 8.64. The number of benzene rings is 1. The Morgan fingerprint density at radius 1 is 1.14 bits per heavy atom. The van der Waals surface area contributed by atoms with Crippen LogP contribution < -0.4 is 0 Å². The molecule has 3 fully saturated rings. The number of hydrogen-bond donors (Lipinski definition) is 1. The highest BCUT2D eigenvalue weighted by Gasteiger charge is 2.54. The molecule has 2 saturated carbocycles. The molecule has 35 heavy (non-hydrogen) atoms. The minimum Gasteiger partial charge on any atom is -0.480 e. The molecule has 1 spiro atoms. The number of rotatable bonds is 8. The van der Waals surface area contributed by atoms with Crippen LogP contribution in [0.3, 0.4) is 0 Å². The molecule has 2 aromatic rings. The first kappa shape index (κ1) is 23.8. The van der Waals surface area contributed by atoms with E-state index < -0.39 is 5.97 Å². The van der Waals surface area contributed by atoms with Gasteiger partial charge in [-0.15, -0.1) is 5.10 Å². The predicted octanol–water partition coefficient (Wildman–Crippen LogP) is 3.17. The number of carboxylic acids is 1. The van der Waals surface area contributed by atoms with E-state index >= 15 is 0 Å². The van der Waals surface area contributed by atoms with Gasteiger partial charge in [0.25, 0.3) is 0 Å². The summed E-state index contributed by atoms with van der Waals surface area (Å²) in [6.45, 7) is 1.65. The van der Waals surface area contributed by atoms with Crippen LogP contribution in [-0.4, -0.2) is 79.5 Å². The molecule has 0 radical (unpaired) electrons. The molecular weight excluding hydrogens is 444 g/mol. The van der Waals surface area contributed by atoms with Crippen LogP contribution >= 0.6 is 0 Å². The highest BCUT2D eigenvalue weighted by molar-refractivity contribution is 5.78. The molecule has 0 bridgehead atoms. The number of urea groups is 1. The monoisotopic (exact) mass is 480 g/mol. The molecule has 5 rings (SSSR count). The molecule has 1 N–H and O–H groups in total. The van der Waals surface area contributed by atoms with E-state index in [9.17, 15) is 9.59 Å². The fourth-order valence-electron chi connectivity index (χ4n) is 6.33. The van der Waals surface area contributed by atoms with Crippen LogP contribution in [-0.2, 0) is 23.4 Å². The molecule has 9 nitrogen and oxygen atoms in total. The fourth-order valence-corrected chi connectivity index (χ4v) is 6.33. The maximum Gasteiger partial charge on any atom is 0.325 e. The van der Waals surface area contributed by atoms with Crippen LogP contribution in [0.5, 0.6) is 0 Å². The average molecular weight is 481 g/mol. The maximum atomic E-state index is 13.7. The third-order valence-electron chi connectivity index (χ3n) is 8.64. The van der Waals surface area contributed by atoms with Gasteiger partial charge in [0.2, 0.25) is 0 Å². The van der Waals surface area contributed by atoms with Gasteiger partial charge in [0, 0.05) is 18.6 Å². The first-order chi connectivity index (χ1) is 16.8. The normalized spacial score (nSPS) is 27.1. The van der Waals surface area contributed by atoms with Crippen LogP contribution in [0, 0.1) is 5.92 Å². The summed E-state index contributed by atoms with van der Waals surface area (Å²) in [7, 11) is 4.34. The lowest BCUT2D eigenvalue weighted by Gasteiger charge is -2.51. The van der Waals surface area contributed by atoms with Gasteiger partial charge in [0.15, 0.2) is 0 Å². The van der Waals surface area contributed by atoms with E-state index in [1.807, 2.05) is 4.90 Å². The Labute approximate surface area is 206 Å². The van der Waals surface area contributed by atoms with E-state index in [0.29, 0.717) is 24.7 Å². The van der Waals surface area contributed by atoms with Crippen molar-refractivity contribution in [3.63, 3.8) is 0 Å². The third kappa shape index (κ3) is 4.42. The molecule has 188 valence electrons. The van der Waals surface area contributed by atoms with Crippen molar-refractivity contribution >= 4 is 12.0 Å². The van der Waals surface area contributed by atoms with E-state index in [2.05, 4.69) is 64.5 Å². The predicted molar refractivity (Wildman–Crippen MR) is 131 cm³/mol. The van der Waals surface area contributed by atoms with Gasteiger partial charge in [-0.25, -0.2) is 9.48 Å². The molecule has 2 aliphatic carbocycles. The molecule has 0 unspecified atom stereocenters. The van der Waals surface area contributed by atoms with Gasteiger partial charge in [-0.05, 0) is 64.1 Å². The Balaban J connectivity index is 1.37. The van der Waals surface area contributed by atoms with E-state index in [1.165, 1.54) is 29.5 Å². The first-order valence-electron chi connectivity index (χ1n) is 12.7. The van der Waals surface area contributed by atoms with Gasteiger partial charge < -0.3 is 14.9 Å². The van der Waals surface area contributed by atoms with Gasteiger partial charge in [0.1, 0.15) is 12.2 Å². The van der Waals surface area contributed by atoms with Crippen molar-refractivity contribution in [2.75, 3.05) is 27.2 Å². The first-order valence-corrected chi connectivity index (χ1v) is 12.7. The highest BCUT2D eigenvalue weighted by Crippen LogP contribution is 2.49. The number of carbonyl (C=O) groups is 2. The van der Waals surface area contributed by atoms with Crippen molar-refractivity contribution in [3.05, 3.63) is 47.8 Å². The number of aliphatic carboxylic acids is 1. The molecule has 1 aliphatic heterocycles. The van der Waals surface area contributed by atoms with Crippen LogP contribution in [0.2, 0.25) is 0 Å². The van der Waals surface area contributed by atoms with Gasteiger partial charge in [-0.3, -0.25) is 9.69 Å². The van der Waals surface area contributed by atoms with Crippen molar-refractivity contribution in [2.45, 2.75) is 69.1 Å². The van der Waals surface area contributed by atoms with Crippen molar-refractivity contribution in [2.24, 2.45) is 5.92 Å². The summed E-state index contributed by atoms with van der Waals surface area (Å²) in [4.78, 5) is 31.1. The molecule has 1 saturated heterocycles. The standard InChI is InChI=1S/C26H36N6O3/c1-29(2)26(21-9-4-3-5-10-21)13-11-25(12-14-26)19-30(24(35)32(25)15-20-7-6-8-20)16-22-17-31(28-27-22)18-23(33)34/h3-5,9-10,17,20H,6-8,11-16,18-19H2,1-2H3,(H,33,34). The number of hydrogen-bond acceptors (Lipinski definition) is 5. The zero-order valence-electron chi connectivity index (χ0n) is 20.8. The molecule has 0 atom stereocenters. The summed E-state index contributed by atoms with van der Waals surface area (Å²) in [6, 6.07) is 10.9. The molecule has 1 aromatic carbocycles. The summed E-state index contributed by atoms with van der Waals surface area (Å²) < 4.78 is 1.31. The summed E-state index contributed by atoms with van der Waals surface area (Å²) in [6.07, 6.45) is 9.22. The van der Waals surface area contributed by atoms with Crippen LogP contribution in [0.1, 0.15) is 56.2 Å². The minimum absolute atomic E-state index is 0.0232. The average Bonchev–Trinajstić information content (AvgIpc) is 3.34. The van der Waals surface area contributed by atoms with Crippen molar-refractivity contribution in [1.82, 2.24) is 29.7 Å². The molecular formula is C26H36N6O3. The Morgan fingerprint density at radius 2 is 1.86 bits per heavy atom. The number of aromatic nitrogens is 3. The van der Waals surface area contributed by atoms with Gasteiger partial charge in [-0.2, -0.15) is 0 Å². The zero-order chi connectivity index (χ0) is 24.6. The lowest BCUT2D eigenvalue weighted by Crippen LogP contribution is -2.56. The van der Waals surface area contributed by atoms with E-state index in [-0.39, 0.29) is 23.7 Å². The second-order valence-corrected chi connectivity index (χ2v) is 10.9. The Bertz CT molecular complexity index is 1060. The number of amides is 2. The maximum absolute atomic E-state index is 13.7. The second-order valence-electron chi connectivity index (χ2n) is 10.9. The SMILES string of the molecule is CN(C)C1(c2ccccc2)CCC2(CC1)CN(Cc1cn(CC(=O)O)nn1)C(=O)N2CC1CCC1. The Morgan fingerprint density at radius 3 is 2.46 bits per heavy atom. The van der Waals surface area contributed by atoms with Crippen LogP contribution in [0.4, 0.5) is 4.79 Å². The van der Waals surface area contributed by atoms with Crippen molar-refractivity contribution < 1.29 is 14.7 Å². The van der Waals surface area contributed by atoms with Crippen molar-refractivity contribution in [3.8, 4) is 0 Å². The van der Waals surface area contributed by atoms with Crippen molar-refractivity contribution in [1.29, 1.82) is 0 Å². The molecule has 1 aromatic heterocycles. The lowest BCUT2D eigenvalue weighted by molar-refractivity contribution is -0.137. The molecule has 2 heterocycles. The second kappa shape index (κ2) is 9.26. The topological polar surface area (TPSA) is 94.8 Å². The smallest absolute Gasteiger partial charge is 0.325 e. The van der Waals surface area contributed by atoms with Gasteiger partial charge >= 0.3 is 12.0 Å². The fraction of sp³-hybridized carbons (Fsp3) is 0.615. The van der Waals surface area contributed by atoms with E-state index in [4.69, 9.17) is 5.11 Å². The summed E-state index contributed by atoms with van der Waals surface area (Å²) in [5.41, 5.74) is 1.78. The molecule has 2 amide bonds. The number of carbonyl (C=O) groups excluding carboxylic acids is 1. The van der Waals surface area contributed by atoms with Crippen LogP contribution in [0.25, 0.3) is 0 Å². The zero-order valence-corrected chi connectivity index (χ0v) is 20.8. The molecule has 3 aliphatic rings. The Hall–Kier alpha value is -2.94.